The lowest BCUT2D eigenvalue weighted by atomic mass is 9.81. The van der Waals surface area contributed by atoms with Crippen LogP contribution in [0.5, 0.6) is 0 Å². The molecule has 0 bridgehead atoms. The van der Waals surface area contributed by atoms with E-state index in [0.29, 0.717) is 18.5 Å². The molecule has 1 aliphatic heterocycles. The molecule has 0 spiro atoms. The molecule has 5 rings (SSSR count). The van der Waals surface area contributed by atoms with E-state index in [9.17, 15) is 14.4 Å². The highest BCUT2D eigenvalue weighted by atomic mass is 16.2. The van der Waals surface area contributed by atoms with Crippen LogP contribution < -0.4 is 10.6 Å². The van der Waals surface area contributed by atoms with E-state index in [0.717, 1.165) is 29.8 Å². The molecule has 2 heterocycles. The highest BCUT2D eigenvalue weighted by Gasteiger charge is 2.51. The number of likely N-dealkylation sites (tertiary alicyclic amines) is 1. The SMILES string of the molecule is Cc1cc(C)nc(N=C(NC(=O)[C@H](Cc2ccccc2)N2C(=O)[C@H]3CCCC[C@H]3C2=O)Nc2ccccc2)n1. The summed E-state index contributed by atoms with van der Waals surface area (Å²) >= 11 is 0. The van der Waals surface area contributed by atoms with Crippen LogP contribution in [-0.2, 0) is 20.8 Å². The van der Waals surface area contributed by atoms with Crippen LogP contribution in [0.3, 0.4) is 0 Å². The Hall–Kier alpha value is -4.40. The van der Waals surface area contributed by atoms with Gasteiger partial charge in [0.2, 0.25) is 23.7 Å². The lowest BCUT2D eigenvalue weighted by Gasteiger charge is -2.26. The Kier molecular flexibility index (Phi) is 7.76. The maximum atomic E-state index is 13.9. The highest BCUT2D eigenvalue weighted by Crippen LogP contribution is 2.39. The molecule has 2 N–H and O–H groups in total. The van der Waals surface area contributed by atoms with Crippen molar-refractivity contribution in [2.75, 3.05) is 5.32 Å². The third-order valence-corrected chi connectivity index (χ3v) is 7.22. The zero-order valence-electron chi connectivity index (χ0n) is 22.1. The molecular formula is C30H32N6O3. The van der Waals surface area contributed by atoms with E-state index in [1.165, 1.54) is 4.90 Å². The van der Waals surface area contributed by atoms with Crippen LogP contribution >= 0.6 is 0 Å². The van der Waals surface area contributed by atoms with E-state index in [1.54, 1.807) is 0 Å². The van der Waals surface area contributed by atoms with Crippen molar-refractivity contribution in [3.8, 4) is 0 Å². The summed E-state index contributed by atoms with van der Waals surface area (Å²) in [5, 5.41) is 5.98. The molecule has 1 aromatic heterocycles. The minimum atomic E-state index is -1.03. The van der Waals surface area contributed by atoms with E-state index in [-0.39, 0.29) is 42.0 Å². The summed E-state index contributed by atoms with van der Waals surface area (Å²) in [7, 11) is 0. The Labute approximate surface area is 227 Å². The van der Waals surface area contributed by atoms with Crippen molar-refractivity contribution in [2.45, 2.75) is 52.0 Å². The van der Waals surface area contributed by atoms with Gasteiger partial charge in [-0.2, -0.15) is 4.99 Å². The number of nitrogens with one attached hydrogen (secondary N) is 2. The lowest BCUT2D eigenvalue weighted by molar-refractivity contribution is -0.147. The predicted molar refractivity (Wildman–Crippen MR) is 148 cm³/mol. The third kappa shape index (κ3) is 6.03. The zero-order chi connectivity index (χ0) is 27.4. The molecule has 3 aromatic rings. The van der Waals surface area contributed by atoms with Crippen molar-refractivity contribution in [1.82, 2.24) is 20.2 Å². The number of para-hydroxylation sites is 1. The molecule has 1 saturated carbocycles. The first-order valence-electron chi connectivity index (χ1n) is 13.3. The Balaban J connectivity index is 1.48. The molecule has 0 radical (unpaired) electrons. The van der Waals surface area contributed by atoms with Crippen molar-refractivity contribution < 1.29 is 14.4 Å². The Morgan fingerprint density at radius 3 is 2.08 bits per heavy atom. The average Bonchev–Trinajstić information content (AvgIpc) is 3.17. The predicted octanol–water partition coefficient (Wildman–Crippen LogP) is 4.10. The fraction of sp³-hybridized carbons (Fsp3) is 0.333. The molecule has 2 aliphatic rings. The topological polar surface area (TPSA) is 117 Å². The lowest BCUT2D eigenvalue weighted by Crippen LogP contribution is -2.53. The summed E-state index contributed by atoms with van der Waals surface area (Å²) in [6.45, 7) is 3.69. The number of nitrogens with zero attached hydrogens (tertiary/aromatic N) is 4. The van der Waals surface area contributed by atoms with Gasteiger partial charge in [-0.05, 0) is 50.5 Å². The molecule has 9 nitrogen and oxygen atoms in total. The summed E-state index contributed by atoms with van der Waals surface area (Å²) in [6, 6.07) is 19.5. The molecule has 0 unspecified atom stereocenters. The number of hydrogen-bond acceptors (Lipinski definition) is 6. The standard InChI is InChI=1S/C30H32N6O3/c1-19-17-20(2)32-29(31-19)35-30(33-22-13-7-4-8-14-22)34-26(37)25(18-21-11-5-3-6-12-21)36-27(38)23-15-9-10-16-24(23)28(36)39/h3-8,11-14,17,23-25H,9-10,15-16,18H2,1-2H3,(H2,31,32,33,34,35,37)/t23-,24+,25-/m0/s1. The van der Waals surface area contributed by atoms with Gasteiger partial charge in [0.05, 0.1) is 11.8 Å². The molecule has 39 heavy (non-hydrogen) atoms. The molecule has 3 amide bonds. The van der Waals surface area contributed by atoms with Crippen LogP contribution in [0.1, 0.15) is 42.6 Å². The largest absolute Gasteiger partial charge is 0.326 e. The first kappa shape index (κ1) is 26.2. The monoisotopic (exact) mass is 524 g/mol. The minimum Gasteiger partial charge on any atom is -0.326 e. The van der Waals surface area contributed by atoms with Gasteiger partial charge in [0.25, 0.3) is 5.95 Å². The number of imide groups is 1. The van der Waals surface area contributed by atoms with E-state index in [1.807, 2.05) is 80.6 Å². The van der Waals surface area contributed by atoms with Crippen LogP contribution in [0.15, 0.2) is 71.7 Å². The molecule has 3 atom stereocenters. The number of carbonyl (C=O) groups excluding carboxylic acids is 3. The summed E-state index contributed by atoms with van der Waals surface area (Å²) < 4.78 is 0. The summed E-state index contributed by atoms with van der Waals surface area (Å²) in [5.41, 5.74) is 3.02. The van der Waals surface area contributed by atoms with E-state index >= 15 is 0 Å². The minimum absolute atomic E-state index is 0.103. The second-order valence-electron chi connectivity index (χ2n) is 10.1. The van der Waals surface area contributed by atoms with Crippen molar-refractivity contribution in [1.29, 1.82) is 0 Å². The first-order valence-corrected chi connectivity index (χ1v) is 13.3. The number of benzene rings is 2. The third-order valence-electron chi connectivity index (χ3n) is 7.22. The van der Waals surface area contributed by atoms with Crippen LogP contribution in [0.25, 0.3) is 0 Å². The second-order valence-corrected chi connectivity index (χ2v) is 10.1. The number of hydrogen-bond donors (Lipinski definition) is 2. The maximum absolute atomic E-state index is 13.9. The molecule has 2 aromatic carbocycles. The summed E-state index contributed by atoms with van der Waals surface area (Å²) in [4.78, 5) is 55.4. The van der Waals surface area contributed by atoms with Gasteiger partial charge in [0.1, 0.15) is 6.04 Å². The van der Waals surface area contributed by atoms with Crippen LogP contribution in [0.2, 0.25) is 0 Å². The fourth-order valence-corrected chi connectivity index (χ4v) is 5.44. The van der Waals surface area contributed by atoms with Gasteiger partial charge >= 0.3 is 0 Å². The van der Waals surface area contributed by atoms with Gasteiger partial charge in [-0.3, -0.25) is 24.6 Å². The number of aliphatic imine (C=N–C) groups is 1. The maximum Gasteiger partial charge on any atom is 0.253 e. The summed E-state index contributed by atoms with van der Waals surface area (Å²) in [5.74, 6) is -1.43. The Morgan fingerprint density at radius 1 is 0.923 bits per heavy atom. The highest BCUT2D eigenvalue weighted by molar-refractivity contribution is 6.12. The van der Waals surface area contributed by atoms with E-state index in [4.69, 9.17) is 0 Å². The number of aromatic nitrogens is 2. The number of rotatable bonds is 6. The number of guanidine groups is 1. The van der Waals surface area contributed by atoms with Gasteiger partial charge in [0, 0.05) is 23.5 Å². The zero-order valence-corrected chi connectivity index (χ0v) is 22.1. The number of amides is 3. The van der Waals surface area contributed by atoms with E-state index < -0.39 is 11.9 Å². The van der Waals surface area contributed by atoms with Crippen molar-refractivity contribution in [3.05, 3.63) is 83.7 Å². The van der Waals surface area contributed by atoms with Gasteiger partial charge in [0.15, 0.2) is 0 Å². The fourth-order valence-electron chi connectivity index (χ4n) is 5.44. The first-order chi connectivity index (χ1) is 18.9. The van der Waals surface area contributed by atoms with Crippen LogP contribution in [0, 0.1) is 25.7 Å². The number of fused-ring (bicyclic) bond motifs is 1. The molecule has 1 saturated heterocycles. The number of aryl methyl sites for hydroxylation is 2. The number of carbonyl (C=O) groups is 3. The van der Waals surface area contributed by atoms with Crippen LogP contribution in [-0.4, -0.2) is 44.6 Å². The van der Waals surface area contributed by atoms with Gasteiger partial charge in [-0.1, -0.05) is 61.4 Å². The Morgan fingerprint density at radius 2 is 1.49 bits per heavy atom. The van der Waals surface area contributed by atoms with Crippen molar-refractivity contribution >= 4 is 35.3 Å². The molecule has 9 heteroatoms. The molecule has 200 valence electrons. The Bertz CT molecular complexity index is 1350. The number of anilines is 1. The smallest absolute Gasteiger partial charge is 0.253 e. The van der Waals surface area contributed by atoms with Gasteiger partial charge in [-0.25, -0.2) is 9.97 Å². The van der Waals surface area contributed by atoms with Gasteiger partial charge < -0.3 is 5.32 Å². The van der Waals surface area contributed by atoms with Crippen molar-refractivity contribution in [3.63, 3.8) is 0 Å². The average molecular weight is 525 g/mol. The molecule has 2 fully saturated rings. The van der Waals surface area contributed by atoms with Crippen LogP contribution in [0.4, 0.5) is 11.6 Å². The molecular weight excluding hydrogens is 492 g/mol. The van der Waals surface area contributed by atoms with E-state index in [2.05, 4.69) is 25.6 Å². The van der Waals surface area contributed by atoms with Crippen molar-refractivity contribution in [2.24, 2.45) is 16.8 Å². The quantitative estimate of drug-likeness (QED) is 0.285. The summed E-state index contributed by atoms with van der Waals surface area (Å²) in [6.07, 6.45) is 3.38. The normalized spacial score (nSPS) is 19.9. The second kappa shape index (κ2) is 11.6. The molecule has 1 aliphatic carbocycles. The van der Waals surface area contributed by atoms with Gasteiger partial charge in [-0.15, -0.1) is 0 Å².